The van der Waals surface area contributed by atoms with Gasteiger partial charge in [0.25, 0.3) is 0 Å². The van der Waals surface area contributed by atoms with E-state index in [0.29, 0.717) is 5.92 Å². The minimum Gasteiger partial charge on any atom is -0.447 e. The minimum absolute atomic E-state index is 0.0524. The lowest BCUT2D eigenvalue weighted by molar-refractivity contribution is -0.155. The first-order valence-electron chi connectivity index (χ1n) is 5.76. The van der Waals surface area contributed by atoms with E-state index in [9.17, 15) is 4.79 Å². The van der Waals surface area contributed by atoms with Crippen LogP contribution in [0.1, 0.15) is 33.1 Å². The molecule has 0 aromatic carbocycles. The zero-order valence-corrected chi connectivity index (χ0v) is 10.1. The highest BCUT2D eigenvalue weighted by Crippen LogP contribution is 2.36. The van der Waals surface area contributed by atoms with Gasteiger partial charge in [-0.15, -0.1) is 0 Å². The van der Waals surface area contributed by atoms with Crippen LogP contribution in [0, 0.1) is 23.2 Å². The predicted molar refractivity (Wildman–Crippen MR) is 58.5 cm³/mol. The molecule has 0 amide bonds. The topological polar surface area (TPSA) is 59.3 Å². The Hall–Kier alpha value is -1.08. The summed E-state index contributed by atoms with van der Waals surface area (Å²) in [6.07, 6.45) is 2.08. The van der Waals surface area contributed by atoms with Gasteiger partial charge in [0.15, 0.2) is 6.10 Å². The average Bonchev–Trinajstić information content (AvgIpc) is 2.71. The average molecular weight is 225 g/mol. The molecule has 1 aliphatic carbocycles. The predicted octanol–water partition coefficient (Wildman–Crippen LogP) is 1.89. The Morgan fingerprint density at radius 2 is 2.25 bits per heavy atom. The Kier molecular flexibility index (Phi) is 4.75. The highest BCUT2D eigenvalue weighted by molar-refractivity contribution is 5.74. The van der Waals surface area contributed by atoms with Crippen LogP contribution in [0.5, 0.6) is 0 Å². The molecule has 90 valence electrons. The van der Waals surface area contributed by atoms with Gasteiger partial charge in [0.05, 0.1) is 12.0 Å². The lowest BCUT2D eigenvalue weighted by Crippen LogP contribution is -2.32. The summed E-state index contributed by atoms with van der Waals surface area (Å²) in [6.45, 7) is 3.67. The van der Waals surface area contributed by atoms with Crippen LogP contribution in [0.2, 0.25) is 0 Å². The summed E-state index contributed by atoms with van der Waals surface area (Å²) in [7, 11) is 1.63. The van der Waals surface area contributed by atoms with Gasteiger partial charge in [-0.2, -0.15) is 5.26 Å². The highest BCUT2D eigenvalue weighted by atomic mass is 16.5. The summed E-state index contributed by atoms with van der Waals surface area (Å²) < 4.78 is 10.4. The molecule has 0 heterocycles. The summed E-state index contributed by atoms with van der Waals surface area (Å²) >= 11 is 0. The molecule has 1 saturated carbocycles. The van der Waals surface area contributed by atoms with Crippen molar-refractivity contribution in [3.8, 4) is 6.07 Å². The number of esters is 1. The van der Waals surface area contributed by atoms with Gasteiger partial charge in [-0.1, -0.05) is 13.3 Å². The number of rotatable bonds is 4. The Balaban J connectivity index is 2.60. The van der Waals surface area contributed by atoms with Crippen LogP contribution in [0.15, 0.2) is 0 Å². The summed E-state index contributed by atoms with van der Waals surface area (Å²) in [5.74, 6) is -0.0671. The van der Waals surface area contributed by atoms with Crippen LogP contribution >= 0.6 is 0 Å². The quantitative estimate of drug-likeness (QED) is 0.685. The van der Waals surface area contributed by atoms with Gasteiger partial charge >= 0.3 is 5.97 Å². The van der Waals surface area contributed by atoms with Gasteiger partial charge < -0.3 is 9.47 Å². The summed E-state index contributed by atoms with van der Waals surface area (Å²) in [5.41, 5.74) is 0. The lowest BCUT2D eigenvalue weighted by Gasteiger charge is -2.21. The second-order valence-electron chi connectivity index (χ2n) is 4.26. The van der Waals surface area contributed by atoms with Crippen molar-refractivity contribution in [1.29, 1.82) is 5.26 Å². The van der Waals surface area contributed by atoms with Crippen LogP contribution in [0.4, 0.5) is 0 Å². The molecule has 1 rings (SSSR count). The van der Waals surface area contributed by atoms with Crippen molar-refractivity contribution in [2.45, 2.75) is 45.3 Å². The Bertz CT molecular complexity index is 284. The van der Waals surface area contributed by atoms with Crippen LogP contribution in [-0.4, -0.2) is 25.3 Å². The number of ether oxygens (including phenoxy) is 2. The molecule has 0 N–H and O–H groups in total. The van der Waals surface area contributed by atoms with Crippen LogP contribution in [-0.2, 0) is 14.3 Å². The van der Waals surface area contributed by atoms with E-state index in [2.05, 4.69) is 6.92 Å². The van der Waals surface area contributed by atoms with E-state index < -0.39 is 6.10 Å². The second-order valence-corrected chi connectivity index (χ2v) is 4.26. The van der Waals surface area contributed by atoms with Crippen molar-refractivity contribution >= 4 is 5.97 Å². The first-order valence-corrected chi connectivity index (χ1v) is 5.76. The number of methoxy groups -OCH3 is 1. The fraction of sp³-hybridized carbons (Fsp3) is 0.833. The molecule has 4 atom stereocenters. The van der Waals surface area contributed by atoms with E-state index in [1.54, 1.807) is 14.0 Å². The monoisotopic (exact) mass is 225 g/mol. The number of carbonyl (C=O) groups excluding carboxylic acids is 1. The van der Waals surface area contributed by atoms with Crippen molar-refractivity contribution in [2.24, 2.45) is 11.8 Å². The third kappa shape index (κ3) is 2.73. The van der Waals surface area contributed by atoms with Crippen LogP contribution < -0.4 is 0 Å². The van der Waals surface area contributed by atoms with Crippen molar-refractivity contribution in [1.82, 2.24) is 0 Å². The molecule has 4 heteroatoms. The molecular weight excluding hydrogens is 206 g/mol. The van der Waals surface area contributed by atoms with Gasteiger partial charge in [-0.25, -0.2) is 0 Å². The third-order valence-electron chi connectivity index (χ3n) is 3.28. The lowest BCUT2D eigenvalue weighted by atomic mass is 9.98. The standard InChI is InChI=1S/C12H19NO3/c1-4-9-5-6-10(11(9)15-3)12(14)16-8(2)7-13/h8-11H,4-6H2,1-3H3. The zero-order valence-electron chi connectivity index (χ0n) is 10.1. The second kappa shape index (κ2) is 5.86. The fourth-order valence-electron chi connectivity index (χ4n) is 2.38. The maximum atomic E-state index is 11.8. The maximum Gasteiger partial charge on any atom is 0.312 e. The fourth-order valence-corrected chi connectivity index (χ4v) is 2.38. The Morgan fingerprint density at radius 1 is 1.56 bits per heavy atom. The van der Waals surface area contributed by atoms with E-state index in [1.165, 1.54) is 0 Å². The first kappa shape index (κ1) is 13.0. The summed E-state index contributed by atoms with van der Waals surface area (Å²) in [6, 6.07) is 1.89. The van der Waals surface area contributed by atoms with Crippen molar-refractivity contribution in [2.75, 3.05) is 7.11 Å². The van der Waals surface area contributed by atoms with E-state index in [0.717, 1.165) is 19.3 Å². The van der Waals surface area contributed by atoms with E-state index in [-0.39, 0.29) is 18.0 Å². The number of hydrogen-bond donors (Lipinski definition) is 0. The molecule has 0 aromatic heterocycles. The Labute approximate surface area is 96.5 Å². The number of hydrogen-bond acceptors (Lipinski definition) is 4. The number of nitriles is 1. The van der Waals surface area contributed by atoms with Crippen LogP contribution in [0.3, 0.4) is 0 Å². The SMILES string of the molecule is CCC1CCC(C(=O)OC(C)C#N)C1OC. The molecule has 0 radical (unpaired) electrons. The maximum absolute atomic E-state index is 11.8. The molecule has 1 aliphatic rings. The summed E-state index contributed by atoms with van der Waals surface area (Å²) in [5, 5.41) is 8.59. The summed E-state index contributed by atoms with van der Waals surface area (Å²) in [4.78, 5) is 11.8. The first-order chi connectivity index (χ1) is 7.63. The highest BCUT2D eigenvalue weighted by Gasteiger charge is 2.40. The normalized spacial score (nSPS) is 30.8. The van der Waals surface area contributed by atoms with E-state index in [1.807, 2.05) is 6.07 Å². The molecule has 1 fully saturated rings. The van der Waals surface area contributed by atoms with Gasteiger partial charge in [0.1, 0.15) is 6.07 Å². The molecular formula is C12H19NO3. The Morgan fingerprint density at radius 3 is 2.75 bits per heavy atom. The van der Waals surface area contributed by atoms with Gasteiger partial charge in [-0.05, 0) is 25.7 Å². The van der Waals surface area contributed by atoms with Crippen LogP contribution in [0.25, 0.3) is 0 Å². The third-order valence-corrected chi connectivity index (χ3v) is 3.28. The smallest absolute Gasteiger partial charge is 0.312 e. The molecule has 0 spiro atoms. The number of carbonyl (C=O) groups is 1. The number of nitrogens with zero attached hydrogens (tertiary/aromatic N) is 1. The van der Waals surface area contributed by atoms with E-state index >= 15 is 0 Å². The molecule has 16 heavy (non-hydrogen) atoms. The molecule has 4 nitrogen and oxygen atoms in total. The van der Waals surface area contributed by atoms with Crippen molar-refractivity contribution < 1.29 is 14.3 Å². The van der Waals surface area contributed by atoms with Crippen molar-refractivity contribution in [3.63, 3.8) is 0 Å². The van der Waals surface area contributed by atoms with Gasteiger partial charge in [-0.3, -0.25) is 4.79 Å². The largest absolute Gasteiger partial charge is 0.447 e. The molecule has 0 saturated heterocycles. The van der Waals surface area contributed by atoms with Gasteiger partial charge in [0.2, 0.25) is 0 Å². The van der Waals surface area contributed by atoms with Crippen molar-refractivity contribution in [3.05, 3.63) is 0 Å². The molecule has 0 bridgehead atoms. The minimum atomic E-state index is -0.675. The molecule has 0 aliphatic heterocycles. The van der Waals surface area contributed by atoms with Gasteiger partial charge in [0, 0.05) is 7.11 Å². The molecule has 4 unspecified atom stereocenters. The molecule has 0 aromatic rings. The van der Waals surface area contributed by atoms with E-state index in [4.69, 9.17) is 14.7 Å². The zero-order chi connectivity index (χ0) is 12.1.